The summed E-state index contributed by atoms with van der Waals surface area (Å²) in [6, 6.07) is 13.4. The van der Waals surface area contributed by atoms with E-state index in [4.69, 9.17) is 21.0 Å². The van der Waals surface area contributed by atoms with Crippen LogP contribution in [0.3, 0.4) is 0 Å². The topological polar surface area (TPSA) is 99.4 Å². The minimum absolute atomic E-state index is 0. The van der Waals surface area contributed by atoms with Gasteiger partial charge >= 0.3 is 0 Å². The van der Waals surface area contributed by atoms with E-state index in [0.717, 1.165) is 35.0 Å². The fraction of sp³-hybridized carbons (Fsp3) is 0.462. The summed E-state index contributed by atoms with van der Waals surface area (Å²) in [5.74, 6) is 2.11. The quantitative estimate of drug-likeness (QED) is 0.376. The van der Waals surface area contributed by atoms with Gasteiger partial charge in [0.2, 0.25) is 0 Å². The Hall–Kier alpha value is -1.28. The molecule has 2 aliphatic heterocycles. The van der Waals surface area contributed by atoms with Crippen LogP contribution in [0.2, 0.25) is 0 Å². The molecule has 0 radical (unpaired) electrons. The predicted octanol–water partition coefficient (Wildman–Crippen LogP) is 3.39. The molecule has 6 nitrogen and oxygen atoms in total. The van der Waals surface area contributed by atoms with E-state index in [0.29, 0.717) is 0 Å². The third kappa shape index (κ3) is 4.86. The van der Waals surface area contributed by atoms with E-state index >= 15 is 0 Å². The van der Waals surface area contributed by atoms with Gasteiger partial charge < -0.3 is 29.9 Å². The second-order valence-corrected chi connectivity index (χ2v) is 10.3. The Morgan fingerprint density at radius 2 is 1.44 bits per heavy atom. The molecule has 3 aliphatic rings. The van der Waals surface area contributed by atoms with Gasteiger partial charge in [-0.25, -0.2) is 0 Å². The highest BCUT2D eigenvalue weighted by Crippen LogP contribution is 2.54. The Kier molecular flexibility index (Phi) is 8.99. The van der Waals surface area contributed by atoms with Gasteiger partial charge in [-0.05, 0) is 59.4 Å². The van der Waals surface area contributed by atoms with Crippen LogP contribution in [0.4, 0.5) is 0 Å². The number of hydrogen-bond donors (Lipinski definition) is 4. The number of terminal acetylenes is 1. The number of rotatable bonds is 1. The number of hydrogen-bond acceptors (Lipinski definition) is 6. The van der Waals surface area contributed by atoms with Gasteiger partial charge in [0.15, 0.2) is 0 Å². The molecule has 1 aliphatic carbocycles. The standard InChI is InChI=1S/C17H14Br2O.C8H12O5.CH4/c18-11-1-3-13-14-4-2-12(19)10-16(14)17(15(13)9-11)5-7-20-8-6-17;1-2-4-6(10)8(12)7(11)5(3-9)13-4;/h1-4,9-10H,5-8H2;1,4-12H,3H2;1H4/t;4-,5-,6-,7-,8-;/m.1./s1. The molecular formula is C26H30Br2O6. The number of aliphatic hydroxyl groups is 4. The normalized spacial score (nSPS) is 28.6. The van der Waals surface area contributed by atoms with E-state index in [2.05, 4.69) is 74.2 Å². The maximum Gasteiger partial charge on any atom is 0.146 e. The maximum atomic E-state index is 9.26. The minimum Gasteiger partial charge on any atom is -0.394 e. The van der Waals surface area contributed by atoms with Crippen molar-refractivity contribution in [2.75, 3.05) is 19.8 Å². The van der Waals surface area contributed by atoms with Gasteiger partial charge in [-0.2, -0.15) is 0 Å². The van der Waals surface area contributed by atoms with Crippen molar-refractivity contribution in [1.29, 1.82) is 0 Å². The predicted molar refractivity (Wildman–Crippen MR) is 137 cm³/mol. The lowest BCUT2D eigenvalue weighted by molar-refractivity contribution is -0.214. The second kappa shape index (κ2) is 11.2. The summed E-state index contributed by atoms with van der Waals surface area (Å²) < 4.78 is 12.9. The number of fused-ring (bicyclic) bond motifs is 5. The van der Waals surface area contributed by atoms with Gasteiger partial charge in [0.1, 0.15) is 30.5 Å². The zero-order chi connectivity index (χ0) is 23.8. The molecule has 184 valence electrons. The van der Waals surface area contributed by atoms with Gasteiger partial charge in [-0.1, -0.05) is 57.3 Å². The highest BCUT2D eigenvalue weighted by atomic mass is 79.9. The fourth-order valence-electron chi connectivity index (χ4n) is 4.94. The molecular weight excluding hydrogens is 568 g/mol. The fourth-order valence-corrected chi connectivity index (χ4v) is 5.66. The van der Waals surface area contributed by atoms with E-state index in [1.165, 1.54) is 22.3 Å². The molecule has 0 unspecified atom stereocenters. The van der Waals surface area contributed by atoms with Crippen LogP contribution in [0.15, 0.2) is 45.3 Å². The molecule has 2 fully saturated rings. The van der Waals surface area contributed by atoms with Gasteiger partial charge in [0, 0.05) is 27.6 Å². The summed E-state index contributed by atoms with van der Waals surface area (Å²) in [4.78, 5) is 0. The third-order valence-corrected chi connectivity index (χ3v) is 7.67. The van der Waals surface area contributed by atoms with E-state index < -0.39 is 37.1 Å². The van der Waals surface area contributed by atoms with Crippen molar-refractivity contribution in [3.05, 3.63) is 56.5 Å². The number of aliphatic hydroxyl groups excluding tert-OH is 4. The van der Waals surface area contributed by atoms with E-state index in [-0.39, 0.29) is 12.8 Å². The molecule has 2 aromatic carbocycles. The van der Waals surface area contributed by atoms with Crippen LogP contribution >= 0.6 is 31.9 Å². The summed E-state index contributed by atoms with van der Waals surface area (Å²) in [5, 5.41) is 36.5. The summed E-state index contributed by atoms with van der Waals surface area (Å²) in [7, 11) is 0. The van der Waals surface area contributed by atoms with E-state index in [9.17, 15) is 15.3 Å². The van der Waals surface area contributed by atoms with Gasteiger partial charge in [0.05, 0.1) is 6.61 Å². The highest BCUT2D eigenvalue weighted by Gasteiger charge is 2.44. The van der Waals surface area contributed by atoms with Crippen LogP contribution in [0.5, 0.6) is 0 Å². The SMILES string of the molecule is Brc1ccc2c(c1)C1(CCOCC1)c1cc(Br)ccc1-2.C.C#C[C@H]1O[C@H](CO)[C@@H](O)[C@H](O)[C@@H]1O. The Balaban J connectivity index is 0.000000204. The summed E-state index contributed by atoms with van der Waals surface area (Å²) >= 11 is 7.27. The van der Waals surface area contributed by atoms with Crippen molar-refractivity contribution < 1.29 is 29.9 Å². The Labute approximate surface area is 217 Å². The maximum absolute atomic E-state index is 9.26. The highest BCUT2D eigenvalue weighted by molar-refractivity contribution is 9.10. The molecule has 0 bridgehead atoms. The lowest BCUT2D eigenvalue weighted by Gasteiger charge is -2.37. The Morgan fingerprint density at radius 3 is 1.91 bits per heavy atom. The average Bonchev–Trinajstić information content (AvgIpc) is 3.07. The van der Waals surface area contributed by atoms with Crippen LogP contribution in [0.25, 0.3) is 11.1 Å². The molecule has 4 N–H and O–H groups in total. The summed E-state index contributed by atoms with van der Waals surface area (Å²) in [5.41, 5.74) is 5.83. The van der Waals surface area contributed by atoms with Gasteiger partial charge in [0.25, 0.3) is 0 Å². The molecule has 0 saturated carbocycles. The molecule has 2 heterocycles. The van der Waals surface area contributed by atoms with Crippen molar-refractivity contribution in [3.63, 3.8) is 0 Å². The van der Waals surface area contributed by atoms with Crippen molar-refractivity contribution in [2.45, 2.75) is 56.2 Å². The molecule has 34 heavy (non-hydrogen) atoms. The second-order valence-electron chi connectivity index (χ2n) is 8.49. The Bertz CT molecular complexity index is 991. The van der Waals surface area contributed by atoms with Crippen molar-refractivity contribution in [2.24, 2.45) is 0 Å². The lowest BCUT2D eigenvalue weighted by Crippen LogP contribution is -2.58. The first-order valence-corrected chi connectivity index (χ1v) is 12.4. The first-order valence-electron chi connectivity index (χ1n) is 10.8. The summed E-state index contributed by atoms with van der Waals surface area (Å²) in [6.07, 6.45) is 1.20. The molecule has 5 atom stereocenters. The zero-order valence-corrected chi connectivity index (χ0v) is 21.0. The molecule has 0 aromatic heterocycles. The van der Waals surface area contributed by atoms with E-state index in [1.54, 1.807) is 0 Å². The van der Waals surface area contributed by atoms with E-state index in [1.807, 2.05) is 0 Å². The molecule has 2 aromatic rings. The average molecular weight is 598 g/mol. The number of ether oxygens (including phenoxy) is 2. The smallest absolute Gasteiger partial charge is 0.146 e. The number of benzene rings is 2. The van der Waals surface area contributed by atoms with Crippen LogP contribution < -0.4 is 0 Å². The van der Waals surface area contributed by atoms with Crippen LogP contribution in [0, 0.1) is 12.3 Å². The van der Waals surface area contributed by atoms with Crippen molar-refractivity contribution in [3.8, 4) is 23.5 Å². The molecule has 1 spiro atoms. The molecule has 8 heteroatoms. The Morgan fingerprint density at radius 1 is 0.912 bits per heavy atom. The minimum atomic E-state index is -1.38. The number of halogens is 2. The summed E-state index contributed by atoms with van der Waals surface area (Å²) in [6.45, 7) is 1.24. The van der Waals surface area contributed by atoms with Crippen LogP contribution in [0.1, 0.15) is 31.4 Å². The molecule has 5 rings (SSSR count). The first kappa shape index (κ1) is 27.3. The van der Waals surface area contributed by atoms with Gasteiger partial charge in [-0.15, -0.1) is 6.42 Å². The van der Waals surface area contributed by atoms with Crippen LogP contribution in [-0.2, 0) is 14.9 Å². The zero-order valence-electron chi connectivity index (χ0n) is 17.8. The monoisotopic (exact) mass is 596 g/mol. The molecule has 2 saturated heterocycles. The lowest BCUT2D eigenvalue weighted by atomic mass is 9.72. The van der Waals surface area contributed by atoms with Crippen molar-refractivity contribution in [1.82, 2.24) is 0 Å². The third-order valence-electron chi connectivity index (χ3n) is 6.69. The first-order chi connectivity index (χ1) is 15.8. The molecule has 0 amide bonds. The van der Waals surface area contributed by atoms with Crippen molar-refractivity contribution >= 4 is 31.9 Å². The van der Waals surface area contributed by atoms with Gasteiger partial charge in [-0.3, -0.25) is 0 Å². The largest absolute Gasteiger partial charge is 0.394 e. The van der Waals surface area contributed by atoms with Crippen LogP contribution in [-0.4, -0.2) is 70.8 Å².